The lowest BCUT2D eigenvalue weighted by Gasteiger charge is -2.32. The third kappa shape index (κ3) is 2.39. The van der Waals surface area contributed by atoms with E-state index in [1.54, 1.807) is 12.3 Å². The molecule has 0 aliphatic carbocycles. The predicted molar refractivity (Wildman–Crippen MR) is 68.1 cm³/mol. The van der Waals surface area contributed by atoms with Gasteiger partial charge in [0.1, 0.15) is 16.9 Å². The topological polar surface area (TPSA) is 83.0 Å². The molecule has 1 aromatic heterocycles. The summed E-state index contributed by atoms with van der Waals surface area (Å²) in [6.45, 7) is 1.28. The predicted octanol–water partition coefficient (Wildman–Crippen LogP) is 1.31. The second kappa shape index (κ2) is 5.23. The first kappa shape index (κ1) is 12.7. The van der Waals surface area contributed by atoms with Crippen molar-refractivity contribution in [1.82, 2.24) is 4.98 Å². The van der Waals surface area contributed by atoms with Crippen molar-refractivity contribution in [2.75, 3.05) is 18.0 Å². The number of aromatic nitrogens is 1. The molecule has 5 nitrogen and oxygen atoms in total. The Morgan fingerprint density at radius 1 is 1.67 bits per heavy atom. The molecule has 1 unspecified atom stereocenters. The third-order valence-electron chi connectivity index (χ3n) is 3.11. The number of nitrogens with zero attached hydrogens (tertiary/aromatic N) is 3. The number of anilines is 1. The van der Waals surface area contributed by atoms with Gasteiger partial charge in [0, 0.05) is 19.3 Å². The first-order valence-corrected chi connectivity index (χ1v) is 6.10. The molecule has 1 aliphatic heterocycles. The summed E-state index contributed by atoms with van der Waals surface area (Å²) in [5.74, 6) is 0.0799. The van der Waals surface area contributed by atoms with E-state index >= 15 is 0 Å². The maximum atomic E-state index is 11.2. The van der Waals surface area contributed by atoms with Crippen molar-refractivity contribution in [1.29, 1.82) is 5.26 Å². The van der Waals surface area contributed by atoms with Crippen LogP contribution in [-0.4, -0.2) is 24.0 Å². The first-order valence-electron chi connectivity index (χ1n) is 5.72. The minimum Gasteiger partial charge on any atom is -0.369 e. The van der Waals surface area contributed by atoms with Crippen LogP contribution in [0.5, 0.6) is 0 Å². The number of pyridine rings is 1. The van der Waals surface area contributed by atoms with Gasteiger partial charge in [-0.05, 0) is 18.9 Å². The number of carbonyl (C=O) groups excluding carboxylic acids is 1. The average Bonchev–Trinajstić information content (AvgIpc) is 2.39. The van der Waals surface area contributed by atoms with Crippen molar-refractivity contribution in [2.24, 2.45) is 11.7 Å². The highest BCUT2D eigenvalue weighted by Gasteiger charge is 2.26. The molecule has 1 aliphatic rings. The molecule has 0 radical (unpaired) electrons. The molecule has 0 spiro atoms. The summed E-state index contributed by atoms with van der Waals surface area (Å²) in [6, 6.07) is 3.59. The van der Waals surface area contributed by atoms with Gasteiger partial charge in [0.25, 0.3) is 0 Å². The number of carbonyl (C=O) groups is 1. The van der Waals surface area contributed by atoms with E-state index in [-0.39, 0.29) is 11.8 Å². The van der Waals surface area contributed by atoms with Crippen LogP contribution < -0.4 is 10.6 Å². The number of hydrogen-bond donors (Lipinski definition) is 1. The molecule has 1 aromatic rings. The molecule has 18 heavy (non-hydrogen) atoms. The fraction of sp³-hybridized carbons (Fsp3) is 0.417. The lowest BCUT2D eigenvalue weighted by atomic mass is 9.97. The lowest BCUT2D eigenvalue weighted by molar-refractivity contribution is -0.122. The third-order valence-corrected chi connectivity index (χ3v) is 3.49. The molecule has 2 N–H and O–H groups in total. The minimum atomic E-state index is -0.299. The number of nitrogens with two attached hydrogens (primary N) is 1. The average molecular weight is 265 g/mol. The second-order valence-electron chi connectivity index (χ2n) is 4.30. The van der Waals surface area contributed by atoms with Gasteiger partial charge in [0.15, 0.2) is 0 Å². The van der Waals surface area contributed by atoms with E-state index in [2.05, 4.69) is 4.98 Å². The quantitative estimate of drug-likeness (QED) is 0.873. The Bertz CT molecular complexity index is 511. The zero-order valence-corrected chi connectivity index (χ0v) is 10.5. The standard InChI is InChI=1S/C12H13ClN4O/c13-10-8(6-14)3-4-16-12(10)17-5-1-2-9(7-17)11(15)18/h3-4,9H,1-2,5,7H2,(H2,15,18). The van der Waals surface area contributed by atoms with Gasteiger partial charge in [-0.2, -0.15) is 5.26 Å². The number of nitriles is 1. The number of hydrogen-bond acceptors (Lipinski definition) is 4. The van der Waals surface area contributed by atoms with Crippen molar-refractivity contribution in [2.45, 2.75) is 12.8 Å². The van der Waals surface area contributed by atoms with Crippen molar-refractivity contribution in [3.8, 4) is 6.07 Å². The molecule has 1 atom stereocenters. The first-order chi connectivity index (χ1) is 8.63. The molecule has 0 bridgehead atoms. The minimum absolute atomic E-state index is 0.178. The number of piperidine rings is 1. The fourth-order valence-corrected chi connectivity index (χ4v) is 2.41. The zero-order chi connectivity index (χ0) is 13.1. The molecule has 1 fully saturated rings. The van der Waals surface area contributed by atoms with Crippen LogP contribution >= 0.6 is 11.6 Å². The Hall–Kier alpha value is -1.80. The molecule has 94 valence electrons. The summed E-state index contributed by atoms with van der Waals surface area (Å²) < 4.78 is 0. The van der Waals surface area contributed by atoms with Crippen LogP contribution in [0.2, 0.25) is 5.02 Å². The van der Waals surface area contributed by atoms with E-state index in [9.17, 15) is 4.79 Å². The Morgan fingerprint density at radius 2 is 2.44 bits per heavy atom. The summed E-state index contributed by atoms with van der Waals surface area (Å²) in [4.78, 5) is 17.3. The smallest absolute Gasteiger partial charge is 0.222 e. The van der Waals surface area contributed by atoms with E-state index < -0.39 is 0 Å². The Kier molecular flexibility index (Phi) is 3.68. The summed E-state index contributed by atoms with van der Waals surface area (Å²) >= 11 is 6.13. The van der Waals surface area contributed by atoms with Gasteiger partial charge in [0.05, 0.1) is 11.5 Å². The van der Waals surface area contributed by atoms with Crippen molar-refractivity contribution >= 4 is 23.3 Å². The molecule has 0 aromatic carbocycles. The van der Waals surface area contributed by atoms with Crippen LogP contribution in [0.15, 0.2) is 12.3 Å². The number of halogens is 1. The summed E-state index contributed by atoms with van der Waals surface area (Å²) in [6.07, 6.45) is 3.21. The van der Waals surface area contributed by atoms with Gasteiger partial charge < -0.3 is 10.6 Å². The number of rotatable bonds is 2. The van der Waals surface area contributed by atoms with E-state index in [0.717, 1.165) is 19.4 Å². The second-order valence-corrected chi connectivity index (χ2v) is 4.67. The Labute approximate surface area is 110 Å². The summed E-state index contributed by atoms with van der Waals surface area (Å²) in [5.41, 5.74) is 5.72. The van der Waals surface area contributed by atoms with Gasteiger partial charge in [-0.25, -0.2) is 4.98 Å². The normalized spacial score (nSPS) is 19.3. The van der Waals surface area contributed by atoms with E-state index in [1.165, 1.54) is 0 Å². The lowest BCUT2D eigenvalue weighted by Crippen LogP contribution is -2.41. The largest absolute Gasteiger partial charge is 0.369 e. The highest BCUT2D eigenvalue weighted by atomic mass is 35.5. The van der Waals surface area contributed by atoms with Gasteiger partial charge in [0.2, 0.25) is 5.91 Å². The van der Waals surface area contributed by atoms with E-state index in [4.69, 9.17) is 22.6 Å². The highest BCUT2D eigenvalue weighted by Crippen LogP contribution is 2.29. The molecule has 2 heterocycles. The van der Waals surface area contributed by atoms with Crippen LogP contribution in [0, 0.1) is 17.2 Å². The van der Waals surface area contributed by atoms with Crippen molar-refractivity contribution < 1.29 is 4.79 Å². The van der Waals surface area contributed by atoms with Crippen molar-refractivity contribution in [3.05, 3.63) is 22.8 Å². The van der Waals surface area contributed by atoms with Crippen LogP contribution in [0.4, 0.5) is 5.82 Å². The number of primary amides is 1. The molecular weight excluding hydrogens is 252 g/mol. The molecule has 0 saturated carbocycles. The Morgan fingerprint density at radius 3 is 3.11 bits per heavy atom. The van der Waals surface area contributed by atoms with Gasteiger partial charge >= 0.3 is 0 Å². The van der Waals surface area contributed by atoms with E-state index in [0.29, 0.717) is 22.9 Å². The highest BCUT2D eigenvalue weighted by molar-refractivity contribution is 6.34. The molecule has 6 heteroatoms. The SMILES string of the molecule is N#Cc1ccnc(N2CCCC(C(N)=O)C2)c1Cl. The van der Waals surface area contributed by atoms with E-state index in [1.807, 2.05) is 11.0 Å². The van der Waals surface area contributed by atoms with Crippen LogP contribution in [0.3, 0.4) is 0 Å². The van der Waals surface area contributed by atoms with Crippen molar-refractivity contribution in [3.63, 3.8) is 0 Å². The maximum absolute atomic E-state index is 11.2. The monoisotopic (exact) mass is 264 g/mol. The summed E-state index contributed by atoms with van der Waals surface area (Å²) in [5, 5.41) is 9.26. The van der Waals surface area contributed by atoms with Crippen LogP contribution in [-0.2, 0) is 4.79 Å². The van der Waals surface area contributed by atoms with Crippen LogP contribution in [0.25, 0.3) is 0 Å². The van der Waals surface area contributed by atoms with Crippen LogP contribution in [0.1, 0.15) is 18.4 Å². The number of amides is 1. The Balaban J connectivity index is 2.27. The molecule has 1 amide bonds. The molecule has 2 rings (SSSR count). The maximum Gasteiger partial charge on any atom is 0.222 e. The van der Waals surface area contributed by atoms with Gasteiger partial charge in [-0.15, -0.1) is 0 Å². The van der Waals surface area contributed by atoms with Gasteiger partial charge in [-0.1, -0.05) is 11.6 Å². The fourth-order valence-electron chi connectivity index (χ4n) is 2.14. The summed E-state index contributed by atoms with van der Waals surface area (Å²) in [7, 11) is 0. The van der Waals surface area contributed by atoms with Gasteiger partial charge in [-0.3, -0.25) is 4.79 Å². The molecular formula is C12H13ClN4O. The zero-order valence-electron chi connectivity index (χ0n) is 9.77. The molecule has 1 saturated heterocycles.